The monoisotopic (exact) mass is 558 g/mol. The van der Waals surface area contributed by atoms with Crippen molar-refractivity contribution < 1.29 is 14.3 Å². The summed E-state index contributed by atoms with van der Waals surface area (Å²) in [5.74, 6) is 0.373. The fourth-order valence-electron chi connectivity index (χ4n) is 6.27. The van der Waals surface area contributed by atoms with Gasteiger partial charge in [-0.15, -0.1) is 0 Å². The number of likely N-dealkylation sites (tertiary alicyclic amines) is 1. The van der Waals surface area contributed by atoms with Gasteiger partial charge in [-0.1, -0.05) is 35.3 Å². The molecule has 7 nitrogen and oxygen atoms in total. The first-order chi connectivity index (χ1) is 18.4. The van der Waals surface area contributed by atoms with Crippen LogP contribution < -0.4 is 15.8 Å². The topological polar surface area (TPSA) is 87.9 Å². The number of nitrogens with one attached hydrogen (secondary N) is 1. The van der Waals surface area contributed by atoms with Gasteiger partial charge in [-0.25, -0.2) is 0 Å². The van der Waals surface area contributed by atoms with Crippen molar-refractivity contribution in [3.8, 4) is 5.75 Å². The Hall–Kier alpha value is -2.32. The summed E-state index contributed by atoms with van der Waals surface area (Å²) in [4.78, 5) is 30.5. The Morgan fingerprint density at radius 3 is 2.42 bits per heavy atom. The van der Waals surface area contributed by atoms with Gasteiger partial charge in [0.25, 0.3) is 11.8 Å². The first-order valence-corrected chi connectivity index (χ1v) is 14.4. The molecule has 0 radical (unpaired) electrons. The van der Waals surface area contributed by atoms with Gasteiger partial charge in [0.1, 0.15) is 5.75 Å². The quantitative estimate of drug-likeness (QED) is 0.498. The minimum absolute atomic E-state index is 0.123. The molecule has 0 aromatic heterocycles. The molecule has 9 heteroatoms. The van der Waals surface area contributed by atoms with Crippen LogP contribution in [0.25, 0.3) is 0 Å². The number of fused-ring (bicyclic) bond motifs is 2. The molecule has 2 amide bonds. The summed E-state index contributed by atoms with van der Waals surface area (Å²) in [7, 11) is 0. The first-order valence-electron chi connectivity index (χ1n) is 13.6. The van der Waals surface area contributed by atoms with Gasteiger partial charge in [-0.05, 0) is 86.9 Å². The standard InChI is InChI=1S/C29H36Cl2N4O3/c30-21-5-3-19(4-6-21)17-35-24-8-9-25(35)14-23(13-24)33-28(36)18-38-27-10-7-22(31)12-26(27)29(37)34-11-1-2-20(15-32)16-34/h3-7,10,12,20,23-25H,1-2,8-9,11,13-18,32H2,(H,33,36). The number of carbonyl (C=O) groups excluding carboxylic acids is 2. The van der Waals surface area contributed by atoms with Gasteiger partial charge in [-0.2, -0.15) is 0 Å². The van der Waals surface area contributed by atoms with Gasteiger partial charge in [-0.3, -0.25) is 14.5 Å². The maximum absolute atomic E-state index is 13.3. The third-order valence-corrected chi connectivity index (χ3v) is 8.69. The van der Waals surface area contributed by atoms with Gasteiger partial charge in [0.2, 0.25) is 0 Å². The lowest BCUT2D eigenvalue weighted by Gasteiger charge is -2.39. The Morgan fingerprint density at radius 2 is 1.71 bits per heavy atom. The third-order valence-electron chi connectivity index (χ3n) is 8.20. The van der Waals surface area contributed by atoms with E-state index in [0.717, 1.165) is 50.1 Å². The zero-order chi connectivity index (χ0) is 26.6. The minimum atomic E-state index is -0.171. The molecule has 2 bridgehead atoms. The fraction of sp³-hybridized carbons (Fsp3) is 0.517. The highest BCUT2D eigenvalue weighted by Crippen LogP contribution is 2.37. The number of ether oxygens (including phenoxy) is 1. The van der Waals surface area contributed by atoms with Crippen LogP contribution in [0.15, 0.2) is 42.5 Å². The highest BCUT2D eigenvalue weighted by atomic mass is 35.5. The van der Waals surface area contributed by atoms with E-state index in [1.54, 1.807) is 18.2 Å². The lowest BCUT2D eigenvalue weighted by atomic mass is 9.96. The smallest absolute Gasteiger partial charge is 0.258 e. The van der Waals surface area contributed by atoms with Crippen LogP contribution in [0, 0.1) is 5.92 Å². The van der Waals surface area contributed by atoms with E-state index >= 15 is 0 Å². The maximum atomic E-state index is 13.3. The SMILES string of the molecule is NCC1CCCN(C(=O)c2cc(Cl)ccc2OCC(=O)NC2CC3CCC(C2)N3Cc2ccc(Cl)cc2)C1. The number of hydrogen-bond acceptors (Lipinski definition) is 5. The lowest BCUT2D eigenvalue weighted by Crippen LogP contribution is -2.50. The summed E-state index contributed by atoms with van der Waals surface area (Å²) in [6.45, 7) is 2.63. The van der Waals surface area contributed by atoms with E-state index in [-0.39, 0.29) is 24.5 Å². The molecule has 2 aromatic carbocycles. The molecule has 3 saturated heterocycles. The Morgan fingerprint density at radius 1 is 1.00 bits per heavy atom. The first kappa shape index (κ1) is 27.3. The fourth-order valence-corrected chi connectivity index (χ4v) is 6.57. The van der Waals surface area contributed by atoms with Crippen LogP contribution in [0.3, 0.4) is 0 Å². The summed E-state index contributed by atoms with van der Waals surface area (Å²) < 4.78 is 5.88. The van der Waals surface area contributed by atoms with Crippen molar-refractivity contribution in [2.45, 2.75) is 63.2 Å². The normalized spacial score (nSPS) is 25.3. The molecule has 3 fully saturated rings. The van der Waals surface area contributed by atoms with E-state index in [0.29, 0.717) is 54.0 Å². The number of benzene rings is 2. The average Bonchev–Trinajstić information content (AvgIpc) is 3.15. The van der Waals surface area contributed by atoms with Crippen molar-refractivity contribution in [3.05, 3.63) is 63.6 Å². The van der Waals surface area contributed by atoms with Crippen LogP contribution in [0.2, 0.25) is 10.0 Å². The zero-order valence-corrected chi connectivity index (χ0v) is 23.1. The number of amides is 2. The number of nitrogens with zero attached hydrogens (tertiary/aromatic N) is 2. The molecule has 3 aliphatic heterocycles. The molecule has 38 heavy (non-hydrogen) atoms. The molecule has 3 N–H and O–H groups in total. The Bertz CT molecular complexity index is 1130. The Labute approximate surface area is 234 Å². The molecular weight excluding hydrogens is 523 g/mol. The van der Waals surface area contributed by atoms with Crippen molar-refractivity contribution in [1.82, 2.24) is 15.1 Å². The van der Waals surface area contributed by atoms with Crippen LogP contribution in [0.4, 0.5) is 0 Å². The summed E-state index contributed by atoms with van der Waals surface area (Å²) >= 11 is 12.3. The highest BCUT2D eigenvalue weighted by Gasteiger charge is 2.41. The zero-order valence-electron chi connectivity index (χ0n) is 21.6. The molecule has 204 valence electrons. The van der Waals surface area contributed by atoms with Crippen molar-refractivity contribution >= 4 is 35.0 Å². The summed E-state index contributed by atoms with van der Waals surface area (Å²) in [6, 6.07) is 14.1. The van der Waals surface area contributed by atoms with Gasteiger partial charge < -0.3 is 20.7 Å². The number of hydrogen-bond donors (Lipinski definition) is 2. The molecule has 3 atom stereocenters. The molecule has 5 rings (SSSR count). The second-order valence-electron chi connectivity index (χ2n) is 10.8. The lowest BCUT2D eigenvalue weighted by molar-refractivity contribution is -0.124. The largest absolute Gasteiger partial charge is 0.483 e. The van der Waals surface area contributed by atoms with Gasteiger partial charge in [0.15, 0.2) is 6.61 Å². The van der Waals surface area contributed by atoms with Crippen LogP contribution in [-0.4, -0.2) is 66.0 Å². The molecule has 0 aliphatic carbocycles. The number of piperidine rings is 2. The third kappa shape index (κ3) is 6.45. The van der Waals surface area contributed by atoms with Gasteiger partial charge >= 0.3 is 0 Å². The van der Waals surface area contributed by atoms with Crippen LogP contribution in [-0.2, 0) is 11.3 Å². The molecule has 0 spiro atoms. The second kappa shape index (κ2) is 12.2. The molecule has 3 unspecified atom stereocenters. The van der Waals surface area contributed by atoms with Crippen molar-refractivity contribution in [2.24, 2.45) is 11.7 Å². The van der Waals surface area contributed by atoms with E-state index in [1.807, 2.05) is 17.0 Å². The number of halogens is 2. The summed E-state index contributed by atoms with van der Waals surface area (Å²) in [5.41, 5.74) is 7.50. The molecule has 3 aliphatic rings. The van der Waals surface area contributed by atoms with E-state index in [2.05, 4.69) is 22.3 Å². The highest BCUT2D eigenvalue weighted by molar-refractivity contribution is 6.31. The molecule has 2 aromatic rings. The molecular formula is C29H36Cl2N4O3. The summed E-state index contributed by atoms with van der Waals surface area (Å²) in [5, 5.41) is 4.38. The minimum Gasteiger partial charge on any atom is -0.483 e. The predicted molar refractivity (Wildman–Crippen MR) is 150 cm³/mol. The van der Waals surface area contributed by atoms with Crippen LogP contribution in [0.1, 0.15) is 54.4 Å². The Kier molecular flexibility index (Phi) is 8.78. The number of rotatable bonds is 8. The van der Waals surface area contributed by atoms with E-state index in [9.17, 15) is 9.59 Å². The average molecular weight is 560 g/mol. The molecule has 3 heterocycles. The second-order valence-corrected chi connectivity index (χ2v) is 11.7. The Balaban J connectivity index is 1.15. The van der Waals surface area contributed by atoms with E-state index < -0.39 is 0 Å². The van der Waals surface area contributed by atoms with Gasteiger partial charge in [0, 0.05) is 47.8 Å². The van der Waals surface area contributed by atoms with Gasteiger partial charge in [0.05, 0.1) is 5.56 Å². The van der Waals surface area contributed by atoms with Crippen LogP contribution in [0.5, 0.6) is 5.75 Å². The molecule has 0 saturated carbocycles. The van der Waals surface area contributed by atoms with E-state index in [4.69, 9.17) is 33.7 Å². The number of nitrogens with two attached hydrogens (primary N) is 1. The summed E-state index contributed by atoms with van der Waals surface area (Å²) in [6.07, 6.45) is 6.11. The van der Waals surface area contributed by atoms with E-state index in [1.165, 1.54) is 5.56 Å². The van der Waals surface area contributed by atoms with Crippen molar-refractivity contribution in [3.63, 3.8) is 0 Å². The number of carbonyl (C=O) groups is 2. The maximum Gasteiger partial charge on any atom is 0.258 e. The van der Waals surface area contributed by atoms with Crippen LogP contribution >= 0.6 is 23.2 Å². The van der Waals surface area contributed by atoms with Crippen molar-refractivity contribution in [2.75, 3.05) is 26.2 Å². The van der Waals surface area contributed by atoms with Crippen molar-refractivity contribution in [1.29, 1.82) is 0 Å². The predicted octanol–water partition coefficient (Wildman–Crippen LogP) is 4.49.